The van der Waals surface area contributed by atoms with E-state index < -0.39 is 0 Å². The highest BCUT2D eigenvalue weighted by molar-refractivity contribution is 5.79. The van der Waals surface area contributed by atoms with Crippen LogP contribution >= 0.6 is 0 Å². The van der Waals surface area contributed by atoms with Gasteiger partial charge in [-0.25, -0.2) is 0 Å². The van der Waals surface area contributed by atoms with Gasteiger partial charge in [-0.15, -0.1) is 0 Å². The molecule has 1 aliphatic carbocycles. The van der Waals surface area contributed by atoms with Gasteiger partial charge in [-0.1, -0.05) is 12.8 Å². The Labute approximate surface area is 85.8 Å². The lowest BCUT2D eigenvalue weighted by molar-refractivity contribution is -0.129. The zero-order valence-corrected chi connectivity index (χ0v) is 8.96. The number of carbonyl (C=O) groups is 1. The molecule has 3 nitrogen and oxygen atoms in total. The maximum absolute atomic E-state index is 11.7. The number of nitrogens with zero attached hydrogens (tertiary/aromatic N) is 1. The van der Waals surface area contributed by atoms with E-state index in [9.17, 15) is 4.79 Å². The van der Waals surface area contributed by atoms with Crippen LogP contribution in [0.1, 0.15) is 32.1 Å². The summed E-state index contributed by atoms with van der Waals surface area (Å²) < 4.78 is 0. The van der Waals surface area contributed by atoms with Gasteiger partial charge in [0.15, 0.2) is 0 Å². The molecule has 1 atom stereocenters. The lowest BCUT2D eigenvalue weighted by Crippen LogP contribution is -2.35. The van der Waals surface area contributed by atoms with Gasteiger partial charge in [0.2, 0.25) is 5.91 Å². The van der Waals surface area contributed by atoms with E-state index in [4.69, 9.17) is 0 Å². The molecule has 2 aliphatic rings. The Hall–Kier alpha value is -0.570. The van der Waals surface area contributed by atoms with E-state index in [1.165, 1.54) is 25.7 Å². The topological polar surface area (TPSA) is 32.3 Å². The number of likely N-dealkylation sites (tertiary alicyclic amines) is 1. The molecule has 0 bridgehead atoms. The van der Waals surface area contributed by atoms with Gasteiger partial charge in [-0.2, -0.15) is 0 Å². The van der Waals surface area contributed by atoms with Crippen LogP contribution < -0.4 is 5.32 Å². The Kier molecular flexibility index (Phi) is 3.06. The molecule has 0 aromatic rings. The Morgan fingerprint density at radius 2 is 2.14 bits per heavy atom. The van der Waals surface area contributed by atoms with Crippen molar-refractivity contribution in [3.8, 4) is 0 Å². The normalized spacial score (nSPS) is 29.1. The number of nitrogens with one attached hydrogen (secondary N) is 1. The molecule has 0 aromatic carbocycles. The summed E-state index contributed by atoms with van der Waals surface area (Å²) in [4.78, 5) is 13.9. The van der Waals surface area contributed by atoms with Crippen molar-refractivity contribution in [2.45, 2.75) is 38.1 Å². The molecular formula is C11H20N2O. The average molecular weight is 196 g/mol. The fourth-order valence-corrected chi connectivity index (χ4v) is 2.80. The Balaban J connectivity index is 1.90. The molecule has 1 amide bonds. The molecule has 1 saturated heterocycles. The fraction of sp³-hybridized carbons (Fsp3) is 0.909. The van der Waals surface area contributed by atoms with Crippen molar-refractivity contribution < 1.29 is 4.79 Å². The summed E-state index contributed by atoms with van der Waals surface area (Å²) in [5.74, 6) is 0.935. The van der Waals surface area contributed by atoms with Crippen molar-refractivity contribution in [1.82, 2.24) is 10.2 Å². The van der Waals surface area contributed by atoms with E-state index in [-0.39, 0.29) is 0 Å². The predicted octanol–water partition coefficient (Wildman–Crippen LogP) is 0.997. The maximum Gasteiger partial charge on any atom is 0.223 e. The molecule has 1 saturated carbocycles. The van der Waals surface area contributed by atoms with E-state index in [0.29, 0.717) is 17.9 Å². The Morgan fingerprint density at radius 3 is 2.79 bits per heavy atom. The average Bonchev–Trinajstić information content (AvgIpc) is 2.74. The van der Waals surface area contributed by atoms with Gasteiger partial charge in [0.05, 0.1) is 0 Å². The molecule has 0 radical (unpaired) electrons. The monoisotopic (exact) mass is 196 g/mol. The van der Waals surface area contributed by atoms with Crippen molar-refractivity contribution in [2.24, 2.45) is 5.92 Å². The van der Waals surface area contributed by atoms with Crippen molar-refractivity contribution in [2.75, 3.05) is 20.1 Å². The standard InChI is InChI=1S/C11H20N2O/c1-12-7-9-6-11(14)13(8-9)10-4-2-3-5-10/h9-10,12H,2-8H2,1H3/t9-/m1/s1. The van der Waals surface area contributed by atoms with Gasteiger partial charge in [0.1, 0.15) is 0 Å². The van der Waals surface area contributed by atoms with Gasteiger partial charge in [-0.3, -0.25) is 4.79 Å². The molecule has 1 N–H and O–H groups in total. The van der Waals surface area contributed by atoms with Crippen molar-refractivity contribution in [1.29, 1.82) is 0 Å². The predicted molar refractivity (Wildman–Crippen MR) is 56.0 cm³/mol. The third-order valence-electron chi connectivity index (χ3n) is 3.50. The first kappa shape index (κ1) is 9.97. The van der Waals surface area contributed by atoms with Gasteiger partial charge < -0.3 is 10.2 Å². The van der Waals surface area contributed by atoms with Gasteiger partial charge in [0.25, 0.3) is 0 Å². The smallest absolute Gasteiger partial charge is 0.223 e. The Morgan fingerprint density at radius 1 is 1.43 bits per heavy atom. The van der Waals surface area contributed by atoms with Crippen molar-refractivity contribution in [3.05, 3.63) is 0 Å². The molecule has 3 heteroatoms. The fourth-order valence-electron chi connectivity index (χ4n) is 2.80. The molecular weight excluding hydrogens is 176 g/mol. The molecule has 2 fully saturated rings. The maximum atomic E-state index is 11.7. The molecule has 0 unspecified atom stereocenters. The van der Waals surface area contributed by atoms with Crippen LogP contribution in [0, 0.1) is 5.92 Å². The Bertz CT molecular complexity index is 211. The lowest BCUT2D eigenvalue weighted by Gasteiger charge is -2.24. The molecule has 1 aliphatic heterocycles. The second-order valence-corrected chi connectivity index (χ2v) is 4.61. The largest absolute Gasteiger partial charge is 0.339 e. The summed E-state index contributed by atoms with van der Waals surface area (Å²) in [6, 6.07) is 0.573. The van der Waals surface area contributed by atoms with Crippen LogP contribution in [0.4, 0.5) is 0 Å². The van der Waals surface area contributed by atoms with Crippen LogP contribution in [0.3, 0.4) is 0 Å². The summed E-state index contributed by atoms with van der Waals surface area (Å²) in [7, 11) is 1.96. The summed E-state index contributed by atoms with van der Waals surface area (Å²) in [5, 5.41) is 3.16. The van der Waals surface area contributed by atoms with Crippen LogP contribution in [-0.2, 0) is 4.79 Å². The van der Waals surface area contributed by atoms with Crippen LogP contribution in [0.2, 0.25) is 0 Å². The highest BCUT2D eigenvalue weighted by Gasteiger charge is 2.34. The third-order valence-corrected chi connectivity index (χ3v) is 3.50. The number of rotatable bonds is 3. The van der Waals surface area contributed by atoms with Crippen molar-refractivity contribution >= 4 is 5.91 Å². The highest BCUT2D eigenvalue weighted by Crippen LogP contribution is 2.28. The van der Waals surface area contributed by atoms with Crippen LogP contribution in [0.25, 0.3) is 0 Å². The molecule has 80 valence electrons. The van der Waals surface area contributed by atoms with Gasteiger partial charge >= 0.3 is 0 Å². The number of carbonyl (C=O) groups excluding carboxylic acids is 1. The molecule has 1 heterocycles. The number of amides is 1. The zero-order chi connectivity index (χ0) is 9.97. The second kappa shape index (κ2) is 4.30. The van der Waals surface area contributed by atoms with Gasteiger partial charge in [-0.05, 0) is 32.4 Å². The summed E-state index contributed by atoms with van der Waals surface area (Å²) in [5.41, 5.74) is 0. The van der Waals surface area contributed by atoms with Crippen LogP contribution in [-0.4, -0.2) is 37.0 Å². The van der Waals surface area contributed by atoms with Crippen molar-refractivity contribution in [3.63, 3.8) is 0 Å². The molecule has 0 aromatic heterocycles. The van der Waals surface area contributed by atoms with E-state index in [1.807, 2.05) is 7.05 Å². The minimum atomic E-state index is 0.386. The third kappa shape index (κ3) is 1.92. The first-order valence-corrected chi connectivity index (χ1v) is 5.75. The minimum absolute atomic E-state index is 0.386. The first-order chi connectivity index (χ1) is 6.81. The van der Waals surface area contributed by atoms with E-state index in [2.05, 4.69) is 10.2 Å². The summed E-state index contributed by atoms with van der Waals surface area (Å²) >= 11 is 0. The van der Waals surface area contributed by atoms with E-state index in [1.54, 1.807) is 0 Å². The molecule has 14 heavy (non-hydrogen) atoms. The summed E-state index contributed by atoms with van der Waals surface area (Å²) in [6.45, 7) is 1.97. The molecule has 2 rings (SSSR count). The van der Waals surface area contributed by atoms with E-state index in [0.717, 1.165) is 19.5 Å². The second-order valence-electron chi connectivity index (χ2n) is 4.61. The summed E-state index contributed by atoms with van der Waals surface area (Å²) in [6.07, 6.45) is 5.85. The van der Waals surface area contributed by atoms with Crippen LogP contribution in [0.15, 0.2) is 0 Å². The molecule has 0 spiro atoms. The van der Waals surface area contributed by atoms with Gasteiger partial charge in [0, 0.05) is 19.0 Å². The number of hydrogen-bond acceptors (Lipinski definition) is 2. The minimum Gasteiger partial charge on any atom is -0.339 e. The zero-order valence-electron chi connectivity index (χ0n) is 8.96. The quantitative estimate of drug-likeness (QED) is 0.730. The number of hydrogen-bond donors (Lipinski definition) is 1. The SMILES string of the molecule is CNC[C@H]1CC(=O)N(C2CCCC2)C1. The van der Waals surface area contributed by atoms with Crippen LogP contribution in [0.5, 0.6) is 0 Å². The first-order valence-electron chi connectivity index (χ1n) is 5.75. The highest BCUT2D eigenvalue weighted by atomic mass is 16.2. The lowest BCUT2D eigenvalue weighted by atomic mass is 10.1. The van der Waals surface area contributed by atoms with E-state index >= 15 is 0 Å².